The number of hydrogen-bond donors (Lipinski definition) is 2. The Balaban J connectivity index is 2.47. The maximum atomic E-state index is 9.64. The van der Waals surface area contributed by atoms with Crippen LogP contribution in [0, 0.1) is 6.92 Å². The third kappa shape index (κ3) is 1.82. The molecule has 0 unspecified atom stereocenters. The zero-order valence-corrected chi connectivity index (χ0v) is 9.74. The predicted molar refractivity (Wildman–Crippen MR) is 56.9 cm³/mol. The maximum absolute atomic E-state index is 9.64. The van der Waals surface area contributed by atoms with Gasteiger partial charge in [0.05, 0.1) is 17.7 Å². The standard InChI is InChI=1S/C10H11BrO4/c1-5-6(10-14-2-3-15-10)4-7(11)9(13)8(5)12/h4,10,12-13H,2-3H2,1H3. The van der Waals surface area contributed by atoms with Crippen LogP contribution in [-0.2, 0) is 9.47 Å². The Hall–Kier alpha value is -0.780. The molecule has 0 aromatic heterocycles. The van der Waals surface area contributed by atoms with Crippen LogP contribution in [-0.4, -0.2) is 23.4 Å². The number of phenolic OH excluding ortho intramolecular Hbond substituents is 2. The normalized spacial score (nSPS) is 17.2. The smallest absolute Gasteiger partial charge is 0.184 e. The second-order valence-corrected chi connectivity index (χ2v) is 4.20. The Morgan fingerprint density at radius 3 is 2.47 bits per heavy atom. The highest BCUT2D eigenvalue weighted by Crippen LogP contribution is 2.41. The summed E-state index contributed by atoms with van der Waals surface area (Å²) in [5.74, 6) is -0.298. The van der Waals surface area contributed by atoms with Gasteiger partial charge in [-0.3, -0.25) is 0 Å². The van der Waals surface area contributed by atoms with E-state index in [4.69, 9.17) is 9.47 Å². The van der Waals surface area contributed by atoms with Crippen LogP contribution in [0.1, 0.15) is 17.4 Å². The van der Waals surface area contributed by atoms with E-state index in [9.17, 15) is 10.2 Å². The summed E-state index contributed by atoms with van der Waals surface area (Å²) in [6.07, 6.45) is -0.451. The zero-order chi connectivity index (χ0) is 11.0. The molecule has 82 valence electrons. The molecule has 1 aliphatic rings. The second-order valence-electron chi connectivity index (χ2n) is 3.34. The number of hydrogen-bond acceptors (Lipinski definition) is 4. The van der Waals surface area contributed by atoms with Gasteiger partial charge in [0, 0.05) is 11.1 Å². The predicted octanol–water partition coefficient (Wildman–Crippen LogP) is 2.21. The van der Waals surface area contributed by atoms with Crippen LogP contribution in [0.2, 0.25) is 0 Å². The van der Waals surface area contributed by atoms with Crippen LogP contribution in [0.4, 0.5) is 0 Å². The first-order valence-electron chi connectivity index (χ1n) is 4.55. The first kappa shape index (κ1) is 10.7. The summed E-state index contributed by atoms with van der Waals surface area (Å²) in [7, 11) is 0. The van der Waals surface area contributed by atoms with Gasteiger partial charge >= 0.3 is 0 Å². The molecule has 0 radical (unpaired) electrons. The quantitative estimate of drug-likeness (QED) is 0.771. The van der Waals surface area contributed by atoms with Gasteiger partial charge in [-0.15, -0.1) is 0 Å². The molecular formula is C10H11BrO4. The van der Waals surface area contributed by atoms with E-state index in [1.807, 2.05) is 0 Å². The molecule has 1 saturated heterocycles. The number of halogens is 1. The van der Waals surface area contributed by atoms with Gasteiger partial charge in [-0.25, -0.2) is 0 Å². The minimum atomic E-state index is -0.451. The highest BCUT2D eigenvalue weighted by atomic mass is 79.9. The SMILES string of the molecule is Cc1c(C2OCCO2)cc(Br)c(O)c1O. The zero-order valence-electron chi connectivity index (χ0n) is 8.16. The molecular weight excluding hydrogens is 264 g/mol. The molecule has 0 amide bonds. The Morgan fingerprint density at radius 2 is 1.87 bits per heavy atom. The molecule has 0 bridgehead atoms. The fourth-order valence-electron chi connectivity index (χ4n) is 1.52. The van der Waals surface area contributed by atoms with E-state index in [0.717, 1.165) is 5.56 Å². The third-order valence-corrected chi connectivity index (χ3v) is 3.00. The lowest BCUT2D eigenvalue weighted by Gasteiger charge is -2.15. The lowest BCUT2D eigenvalue weighted by molar-refractivity contribution is -0.0447. The van der Waals surface area contributed by atoms with Crippen molar-refractivity contribution in [2.75, 3.05) is 13.2 Å². The molecule has 4 nitrogen and oxygen atoms in total. The molecule has 0 spiro atoms. The van der Waals surface area contributed by atoms with Crippen molar-refractivity contribution in [2.24, 2.45) is 0 Å². The van der Waals surface area contributed by atoms with E-state index < -0.39 is 6.29 Å². The molecule has 0 aliphatic carbocycles. The summed E-state index contributed by atoms with van der Waals surface area (Å²) in [6.45, 7) is 2.80. The molecule has 2 N–H and O–H groups in total. The van der Waals surface area contributed by atoms with E-state index in [1.165, 1.54) is 0 Å². The van der Waals surface area contributed by atoms with Gasteiger partial charge in [-0.2, -0.15) is 0 Å². The first-order chi connectivity index (χ1) is 7.11. The van der Waals surface area contributed by atoms with Crippen LogP contribution in [0.5, 0.6) is 11.5 Å². The maximum Gasteiger partial charge on any atom is 0.184 e. The molecule has 0 atom stereocenters. The summed E-state index contributed by atoms with van der Waals surface area (Å²) >= 11 is 3.16. The van der Waals surface area contributed by atoms with Crippen molar-refractivity contribution in [3.63, 3.8) is 0 Å². The Bertz CT molecular complexity index is 385. The van der Waals surface area contributed by atoms with Crippen LogP contribution in [0.25, 0.3) is 0 Å². The van der Waals surface area contributed by atoms with Gasteiger partial charge in [0.25, 0.3) is 0 Å². The van der Waals surface area contributed by atoms with Crippen molar-refractivity contribution in [3.8, 4) is 11.5 Å². The summed E-state index contributed by atoms with van der Waals surface area (Å²) in [4.78, 5) is 0. The number of benzene rings is 1. The van der Waals surface area contributed by atoms with E-state index in [2.05, 4.69) is 15.9 Å². The lowest BCUT2D eigenvalue weighted by Crippen LogP contribution is -2.01. The highest BCUT2D eigenvalue weighted by molar-refractivity contribution is 9.10. The number of aromatic hydroxyl groups is 2. The molecule has 1 aromatic carbocycles. The third-order valence-electron chi connectivity index (χ3n) is 2.40. The van der Waals surface area contributed by atoms with Crippen molar-refractivity contribution in [1.82, 2.24) is 0 Å². The van der Waals surface area contributed by atoms with E-state index in [-0.39, 0.29) is 11.5 Å². The van der Waals surface area contributed by atoms with Crippen LogP contribution < -0.4 is 0 Å². The van der Waals surface area contributed by atoms with Gasteiger partial charge < -0.3 is 19.7 Å². The van der Waals surface area contributed by atoms with E-state index in [1.54, 1.807) is 13.0 Å². The van der Waals surface area contributed by atoms with E-state index in [0.29, 0.717) is 23.2 Å². The number of phenols is 2. The molecule has 1 aromatic rings. The molecule has 2 rings (SSSR count). The summed E-state index contributed by atoms with van der Waals surface area (Å²) in [5, 5.41) is 19.1. The van der Waals surface area contributed by atoms with Gasteiger partial charge in [-0.1, -0.05) is 0 Å². The second kappa shape index (κ2) is 4.00. The molecule has 5 heteroatoms. The number of rotatable bonds is 1. The molecule has 15 heavy (non-hydrogen) atoms. The van der Waals surface area contributed by atoms with Gasteiger partial charge in [-0.05, 0) is 28.9 Å². The van der Waals surface area contributed by atoms with Gasteiger partial charge in [0.1, 0.15) is 0 Å². The topological polar surface area (TPSA) is 58.9 Å². The van der Waals surface area contributed by atoms with Gasteiger partial charge in [0.2, 0.25) is 0 Å². The Kier molecular flexibility index (Phi) is 2.86. The fraction of sp³-hybridized carbons (Fsp3) is 0.400. The molecule has 1 heterocycles. The highest BCUT2D eigenvalue weighted by Gasteiger charge is 2.24. The van der Waals surface area contributed by atoms with Crippen LogP contribution in [0.3, 0.4) is 0 Å². The van der Waals surface area contributed by atoms with Crippen LogP contribution >= 0.6 is 15.9 Å². The van der Waals surface area contributed by atoms with Crippen molar-refractivity contribution in [2.45, 2.75) is 13.2 Å². The lowest BCUT2D eigenvalue weighted by atomic mass is 10.1. The molecule has 1 aliphatic heterocycles. The molecule has 1 fully saturated rings. The Morgan fingerprint density at radius 1 is 1.27 bits per heavy atom. The monoisotopic (exact) mass is 274 g/mol. The van der Waals surface area contributed by atoms with Crippen molar-refractivity contribution in [3.05, 3.63) is 21.7 Å². The minimum absolute atomic E-state index is 0.140. The minimum Gasteiger partial charge on any atom is -0.504 e. The summed E-state index contributed by atoms with van der Waals surface area (Å²) < 4.78 is 11.1. The van der Waals surface area contributed by atoms with Gasteiger partial charge in [0.15, 0.2) is 17.8 Å². The number of ether oxygens (including phenoxy) is 2. The molecule has 0 saturated carbocycles. The average molecular weight is 275 g/mol. The van der Waals surface area contributed by atoms with Crippen molar-refractivity contribution in [1.29, 1.82) is 0 Å². The van der Waals surface area contributed by atoms with E-state index >= 15 is 0 Å². The summed E-state index contributed by atoms with van der Waals surface area (Å²) in [5.41, 5.74) is 1.30. The average Bonchev–Trinajstić information content (AvgIpc) is 2.73. The summed E-state index contributed by atoms with van der Waals surface area (Å²) in [6, 6.07) is 1.69. The van der Waals surface area contributed by atoms with Crippen molar-refractivity contribution >= 4 is 15.9 Å². The van der Waals surface area contributed by atoms with Crippen LogP contribution in [0.15, 0.2) is 10.5 Å². The Labute approximate surface area is 95.6 Å². The van der Waals surface area contributed by atoms with Crippen molar-refractivity contribution < 1.29 is 19.7 Å². The fourth-order valence-corrected chi connectivity index (χ4v) is 1.96. The first-order valence-corrected chi connectivity index (χ1v) is 5.34. The largest absolute Gasteiger partial charge is 0.504 e.